The number of hydrogen-bond acceptors (Lipinski definition) is 9. The minimum atomic E-state index is -3.94. The van der Waals surface area contributed by atoms with Gasteiger partial charge in [0.05, 0.1) is 0 Å². The maximum absolute atomic E-state index is 8.56. The van der Waals surface area contributed by atoms with E-state index in [9.17, 15) is 0 Å². The fourth-order valence-corrected chi connectivity index (χ4v) is 0. The van der Waals surface area contributed by atoms with Crippen molar-refractivity contribution in [3.05, 3.63) is 0 Å². The van der Waals surface area contributed by atoms with Gasteiger partial charge in [0.2, 0.25) is 0 Å². The zero-order valence-corrected chi connectivity index (χ0v) is 13.1. The SMILES string of the molecule is O.[O]=[V](=[O])[O-].[O]=[V](=[O])[O-].[O]=[V](=[O])[O-].[Y+3]. The van der Waals surface area contributed by atoms with Crippen LogP contribution in [-0.2, 0) is 101 Å². The zero-order chi connectivity index (χ0) is 10.7. The van der Waals surface area contributed by atoms with Crippen LogP contribution in [0.3, 0.4) is 0 Å². The molecule has 2 N–H and O–H groups in total. The van der Waals surface area contributed by atoms with Gasteiger partial charge in [-0.1, -0.05) is 0 Å². The van der Waals surface area contributed by atoms with Crippen molar-refractivity contribution in [3.8, 4) is 0 Å². The van der Waals surface area contributed by atoms with Crippen LogP contribution in [0.4, 0.5) is 0 Å². The normalized spacial score (nSPS) is 5.36. The van der Waals surface area contributed by atoms with Gasteiger partial charge in [0.1, 0.15) is 0 Å². The monoisotopic (exact) mass is 404 g/mol. The quantitative estimate of drug-likeness (QED) is 0.378. The Hall–Kier alpha value is 1.50. The average Bonchev–Trinajstić information content (AvgIpc) is 1.54. The van der Waals surface area contributed by atoms with E-state index in [1.807, 2.05) is 0 Å². The van der Waals surface area contributed by atoms with Crippen LogP contribution in [0, 0.1) is 0 Å². The second-order valence-electron chi connectivity index (χ2n) is 0.671. The molecule has 14 heavy (non-hydrogen) atoms. The zero-order valence-electron chi connectivity index (χ0n) is 6.09. The van der Waals surface area contributed by atoms with Gasteiger partial charge in [-0.15, -0.1) is 0 Å². The van der Waals surface area contributed by atoms with Crippen molar-refractivity contribution in [3.63, 3.8) is 0 Å². The van der Waals surface area contributed by atoms with Crippen LogP contribution in [0.25, 0.3) is 0 Å². The second kappa shape index (κ2) is 24.0. The Labute approximate surface area is 117 Å². The van der Waals surface area contributed by atoms with Gasteiger partial charge in [-0.05, 0) is 0 Å². The van der Waals surface area contributed by atoms with Gasteiger partial charge >= 0.3 is 113 Å². The first kappa shape index (κ1) is 29.6. The van der Waals surface area contributed by atoms with E-state index >= 15 is 0 Å². The van der Waals surface area contributed by atoms with Gasteiger partial charge in [-0.25, -0.2) is 0 Å². The van der Waals surface area contributed by atoms with Crippen molar-refractivity contribution in [2.75, 3.05) is 0 Å². The van der Waals surface area contributed by atoms with Crippen LogP contribution in [0.5, 0.6) is 0 Å². The van der Waals surface area contributed by atoms with Crippen LogP contribution in [0.15, 0.2) is 0 Å². The standard InChI is InChI=1S/H2O.9O.3V.Y/h1H2;;;;;;;;;;;;;/q;;;;;;;3*-1;;;;+3. The summed E-state index contributed by atoms with van der Waals surface area (Å²) in [6, 6.07) is 0. The smallest absolute Gasteiger partial charge is 3.00 e. The topological polar surface area (TPSA) is 203 Å². The van der Waals surface area contributed by atoms with Gasteiger partial charge in [-0.3, -0.25) is 0 Å². The molecule has 0 rings (SSSR count). The van der Waals surface area contributed by atoms with Crippen LogP contribution in [0.1, 0.15) is 0 Å². The summed E-state index contributed by atoms with van der Waals surface area (Å²) in [6.45, 7) is 0. The van der Waals surface area contributed by atoms with Gasteiger partial charge in [0, 0.05) is 0 Å². The molecule has 0 bridgehead atoms. The average molecular weight is 404 g/mol. The van der Waals surface area contributed by atoms with E-state index in [1.165, 1.54) is 0 Å². The minimum Gasteiger partial charge on any atom is 3.00 e. The van der Waals surface area contributed by atoms with Crippen molar-refractivity contribution in [1.29, 1.82) is 0 Å². The Kier molecular flexibility index (Phi) is 50.6. The number of rotatable bonds is 0. The Balaban J connectivity index is -0.0000000270. The van der Waals surface area contributed by atoms with E-state index in [0.717, 1.165) is 0 Å². The van der Waals surface area contributed by atoms with Crippen LogP contribution in [-0.4, -0.2) is 5.48 Å². The molecule has 0 saturated carbocycles. The molecule has 0 saturated heterocycles. The summed E-state index contributed by atoms with van der Waals surface area (Å²) < 4.78 is 77.1. The Morgan fingerprint density at radius 3 is 0.571 bits per heavy atom. The minimum absolute atomic E-state index is 0. The van der Waals surface area contributed by atoms with E-state index in [2.05, 4.69) is 0 Å². The molecule has 10 nitrogen and oxygen atoms in total. The molecule has 0 fully saturated rings. The van der Waals surface area contributed by atoms with Gasteiger partial charge in [0.15, 0.2) is 0 Å². The summed E-state index contributed by atoms with van der Waals surface area (Å²) >= 11 is -11.8. The molecule has 80 valence electrons. The van der Waals surface area contributed by atoms with Gasteiger partial charge in [-0.2, -0.15) is 0 Å². The molecule has 0 aliphatic heterocycles. The van der Waals surface area contributed by atoms with E-state index in [0.29, 0.717) is 0 Å². The summed E-state index contributed by atoms with van der Waals surface area (Å²) in [7, 11) is 0. The van der Waals surface area contributed by atoms with Gasteiger partial charge < -0.3 is 5.48 Å². The van der Waals surface area contributed by atoms with Crippen molar-refractivity contribution in [2.45, 2.75) is 0 Å². The molecule has 0 aliphatic rings. The molecule has 0 heterocycles. The third-order valence-corrected chi connectivity index (χ3v) is 0. The molecule has 0 unspecified atom stereocenters. The van der Waals surface area contributed by atoms with E-state index in [4.69, 9.17) is 34.1 Å². The first-order chi connectivity index (χ1) is 5.20. The molecule has 0 amide bonds. The second-order valence-corrected chi connectivity index (χ2v) is 2.77. The molecule has 0 aromatic carbocycles. The van der Waals surface area contributed by atoms with E-state index in [-0.39, 0.29) is 38.2 Å². The first-order valence-electron chi connectivity index (χ1n) is 1.64. The third-order valence-electron chi connectivity index (χ3n) is 0. The van der Waals surface area contributed by atoms with E-state index in [1.54, 1.807) is 0 Å². The summed E-state index contributed by atoms with van der Waals surface area (Å²) in [4.78, 5) is 0. The Morgan fingerprint density at radius 2 is 0.571 bits per heavy atom. The molecule has 0 radical (unpaired) electrons. The molecule has 14 heteroatoms. The summed E-state index contributed by atoms with van der Waals surface area (Å²) in [5.74, 6) is 0. The fourth-order valence-electron chi connectivity index (χ4n) is 0. The molecule has 0 spiro atoms. The molecule has 0 aromatic rings. The predicted octanol–water partition coefficient (Wildman–Crippen LogP) is -5.11. The molecule has 0 aromatic heterocycles. The molecular weight excluding hydrogens is 402 g/mol. The van der Waals surface area contributed by atoms with Crippen molar-refractivity contribution in [2.24, 2.45) is 0 Å². The van der Waals surface area contributed by atoms with Crippen LogP contribution in [0.2, 0.25) is 0 Å². The predicted molar refractivity (Wildman–Crippen MR) is 7.73 cm³/mol. The summed E-state index contributed by atoms with van der Waals surface area (Å²) in [5, 5.41) is 0. The maximum Gasteiger partial charge on any atom is 3.00 e. The van der Waals surface area contributed by atoms with Crippen molar-refractivity contribution in [1.82, 2.24) is 0 Å². The Bertz CT molecular complexity index is 208. The summed E-state index contributed by atoms with van der Waals surface area (Å²) in [6.07, 6.45) is 0. The fraction of sp³-hybridized carbons (Fsp3) is 0. The molecular formula is H2O10V3Y. The number of hydrogen-bond donors (Lipinski definition) is 0. The van der Waals surface area contributed by atoms with Crippen molar-refractivity contribution < 1.29 is 119 Å². The van der Waals surface area contributed by atoms with Crippen LogP contribution < -0.4 is 12.1 Å². The maximum atomic E-state index is 8.56. The third kappa shape index (κ3) is 940. The van der Waals surface area contributed by atoms with Gasteiger partial charge in [0.25, 0.3) is 0 Å². The van der Waals surface area contributed by atoms with Crippen LogP contribution >= 0.6 is 0 Å². The Morgan fingerprint density at radius 1 is 0.571 bits per heavy atom. The first-order valence-corrected chi connectivity index (χ1v) is 6.77. The summed E-state index contributed by atoms with van der Waals surface area (Å²) in [5.41, 5.74) is 0. The van der Waals surface area contributed by atoms with Crippen molar-refractivity contribution >= 4 is 0 Å². The molecule has 0 aliphatic carbocycles. The van der Waals surface area contributed by atoms with E-state index < -0.39 is 46.2 Å². The molecule has 0 atom stereocenters. The largest absolute Gasteiger partial charge is 3.00 e.